The molecule has 10 heteroatoms. The number of hydrogen-bond acceptors (Lipinski definition) is 8. The summed E-state index contributed by atoms with van der Waals surface area (Å²) in [7, 11) is 7.09. The Kier molecular flexibility index (Phi) is 9.52. The minimum absolute atomic E-state index is 0.0825. The van der Waals surface area contributed by atoms with E-state index in [1.807, 2.05) is 55.4 Å². The van der Waals surface area contributed by atoms with Gasteiger partial charge in [-0.2, -0.15) is 5.06 Å². The quantitative estimate of drug-likeness (QED) is 0.318. The molecule has 4 fully saturated rings. The molecular formula is C35H51N5O5. The molecule has 0 aromatic heterocycles. The predicted octanol–water partition coefficient (Wildman–Crippen LogP) is 3.41. The number of aliphatic hydroxyl groups is 1. The van der Waals surface area contributed by atoms with E-state index in [1.165, 1.54) is 6.42 Å². The molecule has 45 heavy (non-hydrogen) atoms. The van der Waals surface area contributed by atoms with Crippen LogP contribution in [0.25, 0.3) is 11.1 Å². The Labute approximate surface area is 267 Å². The van der Waals surface area contributed by atoms with E-state index in [2.05, 4.69) is 31.4 Å². The SMILES string of the molecule is CNC(=O)c1cc(-c2cccc(CN3O[C@@H](CN)[C@@H]([C@H](C)O)[C@H]3C(=O)N[C@H]3C[C@@H]4C[C@H]([C@@H]3C)C4(C)C)c2OC)cc(N(C)C)c1. The van der Waals surface area contributed by atoms with Crippen LogP contribution >= 0.6 is 0 Å². The number of hydrogen-bond donors (Lipinski definition) is 4. The summed E-state index contributed by atoms with van der Waals surface area (Å²) in [6.07, 6.45) is 0.866. The zero-order valence-corrected chi connectivity index (χ0v) is 28.0. The molecular weight excluding hydrogens is 570 g/mol. The lowest BCUT2D eigenvalue weighted by atomic mass is 9.45. The van der Waals surface area contributed by atoms with E-state index in [9.17, 15) is 14.7 Å². The van der Waals surface area contributed by atoms with Crippen LogP contribution in [-0.4, -0.2) is 81.1 Å². The third-order valence-electron chi connectivity index (χ3n) is 11.0. The maximum absolute atomic E-state index is 14.1. The molecule has 2 aromatic carbocycles. The topological polar surface area (TPSA) is 129 Å². The molecule has 0 unspecified atom stereocenters. The van der Waals surface area contributed by atoms with Crippen molar-refractivity contribution in [1.29, 1.82) is 0 Å². The minimum atomic E-state index is -0.805. The molecule has 2 amide bonds. The molecule has 4 aliphatic rings. The number of ether oxygens (including phenoxy) is 1. The van der Waals surface area contributed by atoms with Crippen LogP contribution in [0, 0.1) is 29.1 Å². The van der Waals surface area contributed by atoms with Crippen molar-refractivity contribution >= 4 is 17.5 Å². The first-order chi connectivity index (χ1) is 21.3. The van der Waals surface area contributed by atoms with E-state index in [0.717, 1.165) is 28.8 Å². The lowest BCUT2D eigenvalue weighted by Gasteiger charge is -2.62. The first kappa shape index (κ1) is 33.2. The molecule has 3 aliphatic carbocycles. The zero-order valence-electron chi connectivity index (χ0n) is 28.0. The number of carbonyl (C=O) groups excluding carboxylic acids is 2. The number of amides is 2. The van der Waals surface area contributed by atoms with Gasteiger partial charge in [0.1, 0.15) is 11.8 Å². The summed E-state index contributed by atoms with van der Waals surface area (Å²) in [5.74, 6) is 1.36. The van der Waals surface area contributed by atoms with Crippen LogP contribution in [0.15, 0.2) is 36.4 Å². The van der Waals surface area contributed by atoms with Crippen LogP contribution in [0.1, 0.15) is 56.5 Å². The smallest absolute Gasteiger partial charge is 0.251 e. The second kappa shape index (κ2) is 12.9. The lowest BCUT2D eigenvalue weighted by molar-refractivity contribution is -0.175. The Hall–Kier alpha value is -3.18. The monoisotopic (exact) mass is 621 g/mol. The number of benzene rings is 2. The lowest BCUT2D eigenvalue weighted by Crippen LogP contribution is -2.62. The van der Waals surface area contributed by atoms with Crippen molar-refractivity contribution in [2.75, 3.05) is 39.7 Å². The van der Waals surface area contributed by atoms with Gasteiger partial charge < -0.3 is 31.1 Å². The Morgan fingerprint density at radius 1 is 1.22 bits per heavy atom. The van der Waals surface area contributed by atoms with Crippen LogP contribution < -0.4 is 26.0 Å². The maximum atomic E-state index is 14.1. The van der Waals surface area contributed by atoms with Crippen LogP contribution in [0.3, 0.4) is 0 Å². The number of methoxy groups -OCH3 is 1. The second-order valence-electron chi connectivity index (χ2n) is 14.0. The van der Waals surface area contributed by atoms with Gasteiger partial charge in [0.2, 0.25) is 5.91 Å². The third-order valence-corrected chi connectivity index (χ3v) is 11.0. The van der Waals surface area contributed by atoms with Crippen molar-refractivity contribution < 1.29 is 24.3 Å². The fourth-order valence-corrected chi connectivity index (χ4v) is 8.18. The number of nitrogens with zero attached hydrogens (tertiary/aromatic N) is 2. The van der Waals surface area contributed by atoms with Crippen LogP contribution in [0.4, 0.5) is 5.69 Å². The van der Waals surface area contributed by atoms with Crippen LogP contribution in [-0.2, 0) is 16.2 Å². The molecule has 2 bridgehead atoms. The normalized spacial score (nSPS) is 29.4. The fourth-order valence-electron chi connectivity index (χ4n) is 8.18. The maximum Gasteiger partial charge on any atom is 0.251 e. The standard InChI is InChI=1S/C35H51N5O5/c1-19-27-15-24(35(27,3)4)16-28(19)38-34(43)31-30(20(2)41)29(17-36)45-40(31)18-21-10-9-11-26(32(21)44-8)22-12-23(33(42)37-5)14-25(13-22)39(6)7/h9-14,19-20,24,27-31,41H,15-18,36H2,1-8H3,(H,37,42)(H,38,43)/t19-,20-,24-,27+,28-,29-,30+,31-/m0/s1. The highest BCUT2D eigenvalue weighted by Crippen LogP contribution is 2.61. The van der Waals surface area contributed by atoms with Crippen molar-refractivity contribution in [1.82, 2.24) is 15.7 Å². The zero-order chi connectivity index (χ0) is 32.8. The van der Waals surface area contributed by atoms with E-state index in [1.54, 1.807) is 26.1 Å². The molecule has 246 valence electrons. The highest BCUT2D eigenvalue weighted by Gasteiger charge is 2.57. The fraction of sp³-hybridized carbons (Fsp3) is 0.600. The van der Waals surface area contributed by atoms with Crippen molar-refractivity contribution in [3.8, 4) is 16.9 Å². The summed E-state index contributed by atoms with van der Waals surface area (Å²) in [6, 6.07) is 10.9. The number of hydroxylamine groups is 2. The van der Waals surface area contributed by atoms with E-state index in [-0.39, 0.29) is 30.9 Å². The van der Waals surface area contributed by atoms with E-state index in [0.29, 0.717) is 34.5 Å². The molecule has 1 aliphatic heterocycles. The number of carbonyl (C=O) groups is 2. The van der Waals surface area contributed by atoms with E-state index < -0.39 is 24.2 Å². The molecule has 6 rings (SSSR count). The highest BCUT2D eigenvalue weighted by molar-refractivity contribution is 5.97. The Morgan fingerprint density at radius 2 is 1.96 bits per heavy atom. The van der Waals surface area contributed by atoms with Crippen LogP contribution in [0.5, 0.6) is 5.75 Å². The van der Waals surface area contributed by atoms with Gasteiger partial charge in [-0.15, -0.1) is 0 Å². The molecule has 1 heterocycles. The first-order valence-electron chi connectivity index (χ1n) is 16.1. The Morgan fingerprint density at radius 3 is 2.53 bits per heavy atom. The molecule has 8 atom stereocenters. The molecule has 2 aromatic rings. The number of nitrogens with two attached hydrogens (primary N) is 1. The molecule has 0 radical (unpaired) electrons. The minimum Gasteiger partial charge on any atom is -0.496 e. The number of para-hydroxylation sites is 1. The average molecular weight is 622 g/mol. The summed E-state index contributed by atoms with van der Waals surface area (Å²) in [6.45, 7) is 9.06. The van der Waals surface area contributed by atoms with Crippen LogP contribution in [0.2, 0.25) is 0 Å². The van der Waals surface area contributed by atoms with Crippen molar-refractivity contribution in [3.63, 3.8) is 0 Å². The number of aliphatic hydroxyl groups excluding tert-OH is 1. The van der Waals surface area contributed by atoms with Crippen molar-refractivity contribution in [3.05, 3.63) is 47.5 Å². The number of fused-ring (bicyclic) bond motifs is 2. The van der Waals surface area contributed by atoms with Gasteiger partial charge in [0.15, 0.2) is 0 Å². The number of anilines is 1. The summed E-state index contributed by atoms with van der Waals surface area (Å²) in [5.41, 5.74) is 10.3. The highest BCUT2D eigenvalue weighted by atomic mass is 16.7. The number of nitrogens with one attached hydrogen (secondary N) is 2. The number of rotatable bonds is 10. The largest absolute Gasteiger partial charge is 0.496 e. The van der Waals surface area contributed by atoms with Crippen molar-refractivity contribution in [2.24, 2.45) is 34.8 Å². The Bertz CT molecular complexity index is 1410. The predicted molar refractivity (Wildman–Crippen MR) is 176 cm³/mol. The molecule has 5 N–H and O–H groups in total. The summed E-state index contributed by atoms with van der Waals surface area (Å²) >= 11 is 0. The summed E-state index contributed by atoms with van der Waals surface area (Å²) in [5, 5.41) is 18.6. The van der Waals surface area contributed by atoms with Gasteiger partial charge in [0.05, 0.1) is 25.9 Å². The second-order valence-corrected chi connectivity index (χ2v) is 14.0. The van der Waals surface area contributed by atoms with Gasteiger partial charge >= 0.3 is 0 Å². The van der Waals surface area contributed by atoms with Gasteiger partial charge in [-0.3, -0.25) is 14.4 Å². The first-order valence-corrected chi connectivity index (χ1v) is 16.1. The summed E-state index contributed by atoms with van der Waals surface area (Å²) in [4.78, 5) is 35.1. The van der Waals surface area contributed by atoms with Gasteiger partial charge in [-0.05, 0) is 66.7 Å². The average Bonchev–Trinajstić information content (AvgIpc) is 3.39. The van der Waals surface area contributed by atoms with Gasteiger partial charge in [-0.1, -0.05) is 39.0 Å². The molecule has 1 saturated heterocycles. The van der Waals surface area contributed by atoms with Gasteiger partial charge in [-0.25, -0.2) is 0 Å². The van der Waals surface area contributed by atoms with E-state index in [4.69, 9.17) is 15.3 Å². The molecule has 10 nitrogen and oxygen atoms in total. The molecule has 0 spiro atoms. The Balaban J connectivity index is 1.46. The molecule has 3 saturated carbocycles. The van der Waals surface area contributed by atoms with E-state index >= 15 is 0 Å². The summed E-state index contributed by atoms with van der Waals surface area (Å²) < 4.78 is 5.99. The van der Waals surface area contributed by atoms with Gasteiger partial charge in [0.25, 0.3) is 5.91 Å². The third kappa shape index (κ3) is 6.05. The van der Waals surface area contributed by atoms with Gasteiger partial charge in [0, 0.05) is 62.0 Å². The van der Waals surface area contributed by atoms with Crippen molar-refractivity contribution in [2.45, 2.75) is 71.4 Å².